The van der Waals surface area contributed by atoms with Crippen LogP contribution in [-0.4, -0.2) is 18.1 Å². The maximum absolute atomic E-state index is 11.6. The fourth-order valence-corrected chi connectivity index (χ4v) is 2.05. The minimum atomic E-state index is -0.425. The first-order chi connectivity index (χ1) is 7.56. The van der Waals surface area contributed by atoms with Gasteiger partial charge >= 0.3 is 5.97 Å². The quantitative estimate of drug-likeness (QED) is 0.790. The SMILES string of the molecule is COC(=O)c1c(N)[nH]c2c(C)c(Br)ccc12. The Bertz CT molecular complexity index is 575. The number of carbonyl (C=O) groups is 1. The van der Waals surface area contributed by atoms with Gasteiger partial charge in [-0.3, -0.25) is 0 Å². The standard InChI is InChI=1S/C11H11BrN2O2/c1-5-7(12)4-3-6-8(11(15)16-2)10(13)14-9(5)6/h3-4,14H,13H2,1-2H3. The average Bonchev–Trinajstić information content (AvgIpc) is 2.60. The molecule has 16 heavy (non-hydrogen) atoms. The number of nitrogens with one attached hydrogen (secondary N) is 1. The lowest BCUT2D eigenvalue weighted by molar-refractivity contribution is 0.0604. The van der Waals surface area contributed by atoms with Crippen molar-refractivity contribution in [2.45, 2.75) is 6.92 Å². The lowest BCUT2D eigenvalue weighted by atomic mass is 10.1. The Morgan fingerprint density at radius 3 is 2.81 bits per heavy atom. The molecular formula is C11H11BrN2O2. The van der Waals surface area contributed by atoms with E-state index in [4.69, 9.17) is 10.5 Å². The van der Waals surface area contributed by atoms with Crippen molar-refractivity contribution >= 4 is 38.6 Å². The van der Waals surface area contributed by atoms with Gasteiger partial charge in [-0.25, -0.2) is 4.79 Å². The molecule has 0 fully saturated rings. The first kappa shape index (κ1) is 11.0. The van der Waals surface area contributed by atoms with Crippen molar-refractivity contribution in [3.63, 3.8) is 0 Å². The van der Waals surface area contributed by atoms with E-state index in [9.17, 15) is 4.79 Å². The number of hydrogen-bond donors (Lipinski definition) is 2. The van der Waals surface area contributed by atoms with E-state index in [-0.39, 0.29) is 0 Å². The number of nitrogen functional groups attached to an aromatic ring is 1. The normalized spacial score (nSPS) is 10.7. The van der Waals surface area contributed by atoms with E-state index in [2.05, 4.69) is 20.9 Å². The highest BCUT2D eigenvalue weighted by Gasteiger charge is 2.18. The van der Waals surface area contributed by atoms with Gasteiger partial charge in [0.25, 0.3) is 0 Å². The van der Waals surface area contributed by atoms with E-state index < -0.39 is 5.97 Å². The summed E-state index contributed by atoms with van der Waals surface area (Å²) >= 11 is 3.43. The Hall–Kier alpha value is -1.49. The summed E-state index contributed by atoms with van der Waals surface area (Å²) in [4.78, 5) is 14.6. The zero-order valence-corrected chi connectivity index (χ0v) is 10.5. The van der Waals surface area contributed by atoms with Gasteiger partial charge in [0, 0.05) is 9.86 Å². The molecule has 2 rings (SSSR count). The van der Waals surface area contributed by atoms with Gasteiger partial charge in [0.05, 0.1) is 12.6 Å². The van der Waals surface area contributed by atoms with E-state index in [0.717, 1.165) is 20.9 Å². The number of nitrogens with two attached hydrogens (primary N) is 1. The van der Waals surface area contributed by atoms with Gasteiger partial charge in [-0.2, -0.15) is 0 Å². The molecular weight excluding hydrogens is 272 g/mol. The number of rotatable bonds is 1. The summed E-state index contributed by atoms with van der Waals surface area (Å²) in [6.45, 7) is 1.95. The molecule has 0 aliphatic rings. The largest absolute Gasteiger partial charge is 0.465 e. The Balaban J connectivity index is 2.82. The van der Waals surface area contributed by atoms with Crippen molar-refractivity contribution in [3.05, 3.63) is 27.7 Å². The molecule has 1 aromatic heterocycles. The predicted molar refractivity (Wildman–Crippen MR) is 66.5 cm³/mol. The highest BCUT2D eigenvalue weighted by Crippen LogP contribution is 2.31. The number of methoxy groups -OCH3 is 1. The van der Waals surface area contributed by atoms with Gasteiger partial charge in [0.15, 0.2) is 0 Å². The van der Waals surface area contributed by atoms with Crippen LogP contribution in [0.2, 0.25) is 0 Å². The smallest absolute Gasteiger partial charge is 0.342 e. The number of fused-ring (bicyclic) bond motifs is 1. The highest BCUT2D eigenvalue weighted by atomic mass is 79.9. The number of anilines is 1. The molecule has 0 bridgehead atoms. The van der Waals surface area contributed by atoms with Crippen molar-refractivity contribution in [2.24, 2.45) is 0 Å². The van der Waals surface area contributed by atoms with E-state index in [1.165, 1.54) is 7.11 Å². The fraction of sp³-hybridized carbons (Fsp3) is 0.182. The molecule has 0 spiro atoms. The summed E-state index contributed by atoms with van der Waals surface area (Å²) < 4.78 is 5.67. The molecule has 5 heteroatoms. The van der Waals surface area contributed by atoms with Gasteiger partial charge in [-0.05, 0) is 18.6 Å². The molecule has 0 saturated heterocycles. The van der Waals surface area contributed by atoms with Crippen LogP contribution in [0.4, 0.5) is 5.82 Å². The van der Waals surface area contributed by atoms with Crippen molar-refractivity contribution in [3.8, 4) is 0 Å². The number of halogens is 1. The summed E-state index contributed by atoms with van der Waals surface area (Å²) in [5.74, 6) is -0.0893. The van der Waals surface area contributed by atoms with Gasteiger partial charge in [-0.15, -0.1) is 0 Å². The molecule has 1 aromatic carbocycles. The molecule has 0 aliphatic carbocycles. The zero-order chi connectivity index (χ0) is 11.9. The van der Waals surface area contributed by atoms with Crippen LogP contribution in [0.1, 0.15) is 15.9 Å². The zero-order valence-electron chi connectivity index (χ0n) is 8.93. The van der Waals surface area contributed by atoms with Gasteiger partial charge in [0.1, 0.15) is 11.4 Å². The molecule has 0 saturated carbocycles. The highest BCUT2D eigenvalue weighted by molar-refractivity contribution is 9.10. The molecule has 2 aromatic rings. The number of aromatic amines is 1. The van der Waals surface area contributed by atoms with Crippen molar-refractivity contribution in [1.29, 1.82) is 0 Å². The number of carbonyl (C=O) groups excluding carboxylic acids is 1. The van der Waals surface area contributed by atoms with Crippen molar-refractivity contribution in [1.82, 2.24) is 4.98 Å². The van der Waals surface area contributed by atoms with Gasteiger partial charge in [-0.1, -0.05) is 22.0 Å². The van der Waals surface area contributed by atoms with Crippen LogP contribution in [0.3, 0.4) is 0 Å². The average molecular weight is 283 g/mol. The third-order valence-corrected chi connectivity index (χ3v) is 3.45. The molecule has 0 radical (unpaired) electrons. The molecule has 0 unspecified atom stereocenters. The second-order valence-corrected chi connectivity index (χ2v) is 4.35. The molecule has 3 N–H and O–H groups in total. The summed E-state index contributed by atoms with van der Waals surface area (Å²) in [5, 5.41) is 0.782. The number of H-pyrrole nitrogens is 1. The summed E-state index contributed by atoms with van der Waals surface area (Å²) in [6, 6.07) is 3.73. The van der Waals surface area contributed by atoms with Crippen LogP contribution in [0, 0.1) is 6.92 Å². The lowest BCUT2D eigenvalue weighted by Gasteiger charge is -2.00. The molecule has 0 atom stereocenters. The molecule has 0 amide bonds. The van der Waals surface area contributed by atoms with E-state index in [0.29, 0.717) is 11.4 Å². The van der Waals surface area contributed by atoms with Gasteiger partial charge < -0.3 is 15.5 Å². The monoisotopic (exact) mass is 282 g/mol. The number of esters is 1. The van der Waals surface area contributed by atoms with E-state index >= 15 is 0 Å². The maximum atomic E-state index is 11.6. The first-order valence-corrected chi connectivity index (χ1v) is 5.50. The number of hydrogen-bond acceptors (Lipinski definition) is 3. The first-order valence-electron chi connectivity index (χ1n) is 4.70. The third-order valence-electron chi connectivity index (χ3n) is 2.59. The van der Waals surface area contributed by atoms with Crippen LogP contribution in [0.25, 0.3) is 10.9 Å². The molecule has 84 valence electrons. The predicted octanol–water partition coefficient (Wildman–Crippen LogP) is 2.61. The summed E-state index contributed by atoms with van der Waals surface area (Å²) in [7, 11) is 1.34. The minimum Gasteiger partial charge on any atom is -0.465 e. The second-order valence-electron chi connectivity index (χ2n) is 3.50. The number of aryl methyl sites for hydroxylation is 1. The van der Waals surface area contributed by atoms with Crippen molar-refractivity contribution < 1.29 is 9.53 Å². The van der Waals surface area contributed by atoms with Crippen LogP contribution in [-0.2, 0) is 4.74 Å². The van der Waals surface area contributed by atoms with Crippen LogP contribution in [0.5, 0.6) is 0 Å². The number of benzene rings is 1. The number of ether oxygens (including phenoxy) is 1. The van der Waals surface area contributed by atoms with E-state index in [1.807, 2.05) is 19.1 Å². The topological polar surface area (TPSA) is 68.1 Å². The summed E-state index contributed by atoms with van der Waals surface area (Å²) in [5.41, 5.74) is 8.04. The van der Waals surface area contributed by atoms with Crippen LogP contribution < -0.4 is 5.73 Å². The van der Waals surface area contributed by atoms with E-state index in [1.54, 1.807) is 0 Å². The van der Waals surface area contributed by atoms with Crippen molar-refractivity contribution in [2.75, 3.05) is 12.8 Å². The summed E-state index contributed by atoms with van der Waals surface area (Å²) in [6.07, 6.45) is 0. The Morgan fingerprint density at radius 1 is 1.50 bits per heavy atom. The number of aromatic nitrogens is 1. The second kappa shape index (κ2) is 3.83. The molecule has 4 nitrogen and oxygen atoms in total. The van der Waals surface area contributed by atoms with Gasteiger partial charge in [0.2, 0.25) is 0 Å². The maximum Gasteiger partial charge on any atom is 0.342 e. The Kier molecular flexibility index (Phi) is 2.63. The Morgan fingerprint density at radius 2 is 2.19 bits per heavy atom. The molecule has 1 heterocycles. The Labute approximate surface area is 101 Å². The minimum absolute atomic E-state index is 0.336. The molecule has 0 aliphatic heterocycles. The third kappa shape index (κ3) is 1.48. The fourth-order valence-electron chi connectivity index (χ4n) is 1.72. The van der Waals surface area contributed by atoms with Crippen LogP contribution in [0.15, 0.2) is 16.6 Å². The van der Waals surface area contributed by atoms with Crippen LogP contribution >= 0.6 is 15.9 Å². The lowest BCUT2D eigenvalue weighted by Crippen LogP contribution is -2.03.